The molecule has 0 aliphatic rings. The predicted molar refractivity (Wildman–Crippen MR) is 82.8 cm³/mol. The molecule has 21 heavy (non-hydrogen) atoms. The molecule has 0 amide bonds. The molecule has 0 heterocycles. The van der Waals surface area contributed by atoms with Crippen LogP contribution in [0.2, 0.25) is 5.02 Å². The van der Waals surface area contributed by atoms with Gasteiger partial charge in [-0.1, -0.05) is 41.9 Å². The molecular formula is C15H16ClNO3S. The molecule has 0 bridgehead atoms. The van der Waals surface area contributed by atoms with Crippen molar-refractivity contribution in [2.24, 2.45) is 0 Å². The van der Waals surface area contributed by atoms with Gasteiger partial charge in [-0.3, -0.25) is 0 Å². The van der Waals surface area contributed by atoms with Gasteiger partial charge in [0.1, 0.15) is 0 Å². The van der Waals surface area contributed by atoms with Crippen LogP contribution in [0.3, 0.4) is 0 Å². The summed E-state index contributed by atoms with van der Waals surface area (Å²) in [5.74, 6) is 0. The predicted octanol–water partition coefficient (Wildman–Crippen LogP) is 2.66. The van der Waals surface area contributed by atoms with E-state index in [1.54, 1.807) is 37.3 Å². The van der Waals surface area contributed by atoms with Gasteiger partial charge in [0.05, 0.1) is 17.5 Å². The van der Waals surface area contributed by atoms with E-state index in [1.807, 2.05) is 6.07 Å². The van der Waals surface area contributed by atoms with Gasteiger partial charge in [0.2, 0.25) is 10.0 Å². The minimum absolute atomic E-state index is 0.154. The van der Waals surface area contributed by atoms with Crippen LogP contribution in [0.1, 0.15) is 17.2 Å². The Bertz CT molecular complexity index is 717. The molecule has 6 heteroatoms. The molecule has 0 spiro atoms. The van der Waals surface area contributed by atoms with Crippen molar-refractivity contribution in [3.63, 3.8) is 0 Å². The normalized spacial score (nSPS) is 13.1. The lowest BCUT2D eigenvalue weighted by Gasteiger charge is -2.18. The number of aliphatic hydroxyl groups excluding tert-OH is 1. The summed E-state index contributed by atoms with van der Waals surface area (Å²) in [7, 11) is -3.74. The first-order valence-corrected chi connectivity index (χ1v) is 8.24. The van der Waals surface area contributed by atoms with Gasteiger partial charge < -0.3 is 5.11 Å². The Morgan fingerprint density at radius 2 is 1.86 bits per heavy atom. The highest BCUT2D eigenvalue weighted by atomic mass is 35.5. The fourth-order valence-electron chi connectivity index (χ4n) is 2.06. The zero-order valence-electron chi connectivity index (χ0n) is 11.5. The quantitative estimate of drug-likeness (QED) is 0.888. The van der Waals surface area contributed by atoms with Crippen LogP contribution in [0.5, 0.6) is 0 Å². The minimum atomic E-state index is -3.74. The largest absolute Gasteiger partial charge is 0.394 e. The number of aryl methyl sites for hydroxylation is 1. The van der Waals surface area contributed by atoms with Crippen LogP contribution in [-0.2, 0) is 10.0 Å². The zero-order valence-corrected chi connectivity index (χ0v) is 13.0. The van der Waals surface area contributed by atoms with E-state index in [1.165, 1.54) is 12.1 Å². The van der Waals surface area contributed by atoms with Crippen LogP contribution in [0.15, 0.2) is 53.4 Å². The topological polar surface area (TPSA) is 66.4 Å². The molecule has 0 saturated heterocycles. The van der Waals surface area contributed by atoms with Crippen LogP contribution >= 0.6 is 11.6 Å². The van der Waals surface area contributed by atoms with Crippen molar-refractivity contribution in [2.75, 3.05) is 6.61 Å². The lowest BCUT2D eigenvalue weighted by Crippen LogP contribution is -2.31. The van der Waals surface area contributed by atoms with Crippen LogP contribution in [0.25, 0.3) is 0 Å². The molecule has 0 aliphatic heterocycles. The van der Waals surface area contributed by atoms with Crippen molar-refractivity contribution in [3.05, 3.63) is 64.7 Å². The maximum atomic E-state index is 12.4. The molecule has 1 atom stereocenters. The number of benzene rings is 2. The van der Waals surface area contributed by atoms with Gasteiger partial charge >= 0.3 is 0 Å². The first-order valence-electron chi connectivity index (χ1n) is 6.38. The average Bonchev–Trinajstić information content (AvgIpc) is 2.45. The zero-order chi connectivity index (χ0) is 15.5. The van der Waals surface area contributed by atoms with Crippen molar-refractivity contribution < 1.29 is 13.5 Å². The number of aliphatic hydroxyl groups is 1. The van der Waals surface area contributed by atoms with Gasteiger partial charge in [-0.15, -0.1) is 0 Å². The van der Waals surface area contributed by atoms with Crippen LogP contribution in [0, 0.1) is 6.92 Å². The van der Waals surface area contributed by atoms with Crippen molar-refractivity contribution in [3.8, 4) is 0 Å². The minimum Gasteiger partial charge on any atom is -0.394 e. The number of hydrogen-bond acceptors (Lipinski definition) is 3. The SMILES string of the molecule is Cc1cc(Cl)ccc1S(=O)(=O)NC(CO)c1ccccc1. The van der Waals surface area contributed by atoms with Gasteiger partial charge in [0.25, 0.3) is 0 Å². The summed E-state index contributed by atoms with van der Waals surface area (Å²) >= 11 is 5.84. The van der Waals surface area contributed by atoms with Crippen LogP contribution in [-0.4, -0.2) is 20.1 Å². The monoisotopic (exact) mass is 325 g/mol. The van der Waals surface area contributed by atoms with E-state index in [0.29, 0.717) is 16.1 Å². The van der Waals surface area contributed by atoms with E-state index < -0.39 is 16.1 Å². The van der Waals surface area contributed by atoms with E-state index in [-0.39, 0.29) is 11.5 Å². The summed E-state index contributed by atoms with van der Waals surface area (Å²) in [6, 6.07) is 12.8. The van der Waals surface area contributed by atoms with Crippen LogP contribution < -0.4 is 4.72 Å². The summed E-state index contributed by atoms with van der Waals surface area (Å²) in [6.45, 7) is 1.35. The Labute approximate surface area is 129 Å². The van der Waals surface area contributed by atoms with E-state index >= 15 is 0 Å². The third-order valence-electron chi connectivity index (χ3n) is 3.11. The molecule has 112 valence electrons. The van der Waals surface area contributed by atoms with Gasteiger partial charge in [-0.05, 0) is 36.2 Å². The number of halogens is 1. The highest BCUT2D eigenvalue weighted by molar-refractivity contribution is 7.89. The molecule has 2 rings (SSSR count). The van der Waals surface area contributed by atoms with E-state index in [2.05, 4.69) is 4.72 Å². The Morgan fingerprint density at radius 1 is 1.19 bits per heavy atom. The summed E-state index contributed by atoms with van der Waals surface area (Å²) in [5.41, 5.74) is 1.26. The molecule has 2 N–H and O–H groups in total. The van der Waals surface area contributed by atoms with E-state index in [9.17, 15) is 13.5 Å². The van der Waals surface area contributed by atoms with E-state index in [0.717, 1.165) is 0 Å². The number of rotatable bonds is 5. The lowest BCUT2D eigenvalue weighted by atomic mass is 10.1. The molecule has 0 saturated carbocycles. The fourth-order valence-corrected chi connectivity index (χ4v) is 3.73. The average molecular weight is 326 g/mol. The summed E-state index contributed by atoms with van der Waals surface area (Å²) in [6.07, 6.45) is 0. The highest BCUT2D eigenvalue weighted by Crippen LogP contribution is 2.22. The van der Waals surface area contributed by atoms with Gasteiger partial charge in [0.15, 0.2) is 0 Å². The summed E-state index contributed by atoms with van der Waals surface area (Å²) in [4.78, 5) is 0.154. The second kappa shape index (κ2) is 6.58. The smallest absolute Gasteiger partial charge is 0.241 e. The van der Waals surface area contributed by atoms with Crippen molar-refractivity contribution >= 4 is 21.6 Å². The number of hydrogen-bond donors (Lipinski definition) is 2. The molecule has 4 nitrogen and oxygen atoms in total. The number of nitrogens with one attached hydrogen (secondary N) is 1. The van der Waals surface area contributed by atoms with Crippen LogP contribution in [0.4, 0.5) is 0 Å². The van der Waals surface area contributed by atoms with Gasteiger partial charge in [-0.25, -0.2) is 13.1 Å². The highest BCUT2D eigenvalue weighted by Gasteiger charge is 2.22. The Hall–Kier alpha value is -1.40. The van der Waals surface area contributed by atoms with Gasteiger partial charge in [0, 0.05) is 5.02 Å². The second-order valence-electron chi connectivity index (χ2n) is 4.68. The lowest BCUT2D eigenvalue weighted by molar-refractivity contribution is 0.259. The first kappa shape index (κ1) is 16.0. The second-order valence-corrected chi connectivity index (χ2v) is 6.80. The molecule has 0 fully saturated rings. The van der Waals surface area contributed by atoms with Gasteiger partial charge in [-0.2, -0.15) is 0 Å². The molecule has 2 aromatic rings. The number of sulfonamides is 1. The maximum Gasteiger partial charge on any atom is 0.241 e. The third kappa shape index (κ3) is 3.83. The molecule has 0 aromatic heterocycles. The van der Waals surface area contributed by atoms with Crippen molar-refractivity contribution in [2.45, 2.75) is 17.9 Å². The maximum absolute atomic E-state index is 12.4. The first-order chi connectivity index (χ1) is 9.94. The van der Waals surface area contributed by atoms with Crippen molar-refractivity contribution in [1.82, 2.24) is 4.72 Å². The molecule has 2 aromatic carbocycles. The summed E-state index contributed by atoms with van der Waals surface area (Å²) in [5, 5.41) is 9.93. The Kier molecular flexibility index (Phi) is 5.00. The summed E-state index contributed by atoms with van der Waals surface area (Å²) < 4.78 is 27.4. The van der Waals surface area contributed by atoms with E-state index in [4.69, 9.17) is 11.6 Å². The van der Waals surface area contributed by atoms with Crippen molar-refractivity contribution in [1.29, 1.82) is 0 Å². The molecule has 0 radical (unpaired) electrons. The third-order valence-corrected chi connectivity index (χ3v) is 4.98. The Balaban J connectivity index is 2.32. The molecule has 0 aliphatic carbocycles. The standard InChI is InChI=1S/C15H16ClNO3S/c1-11-9-13(16)7-8-15(11)21(19,20)17-14(10-18)12-5-3-2-4-6-12/h2-9,14,17-18H,10H2,1H3. The molecular weight excluding hydrogens is 310 g/mol. The molecule has 1 unspecified atom stereocenters. The Morgan fingerprint density at radius 3 is 2.43 bits per heavy atom. The fraction of sp³-hybridized carbons (Fsp3) is 0.200.